The summed E-state index contributed by atoms with van der Waals surface area (Å²) in [5, 5.41) is 10.5. The smallest absolute Gasteiger partial charge is 0.233 e. The summed E-state index contributed by atoms with van der Waals surface area (Å²) in [4.78, 5) is 12.7. The Labute approximate surface area is 132 Å². The summed E-state index contributed by atoms with van der Waals surface area (Å²) in [5.41, 5.74) is 1.96. The second kappa shape index (κ2) is 5.38. The van der Waals surface area contributed by atoms with Crippen LogP contribution in [0.3, 0.4) is 0 Å². The Balaban J connectivity index is 1.62. The molecule has 22 heavy (non-hydrogen) atoms. The Morgan fingerprint density at radius 2 is 1.91 bits per heavy atom. The van der Waals surface area contributed by atoms with E-state index in [1.807, 2.05) is 36.4 Å². The first-order valence-electron chi connectivity index (χ1n) is 7.07. The monoisotopic (exact) mass is 312 g/mol. The van der Waals surface area contributed by atoms with Crippen LogP contribution in [0.5, 0.6) is 0 Å². The Morgan fingerprint density at radius 3 is 2.68 bits per heavy atom. The second-order valence-corrected chi connectivity index (χ2v) is 5.56. The average molecular weight is 313 g/mol. The first-order chi connectivity index (χ1) is 10.8. The maximum Gasteiger partial charge on any atom is 0.233 e. The van der Waals surface area contributed by atoms with Gasteiger partial charge in [-0.15, -0.1) is 0 Å². The first kappa shape index (κ1) is 13.2. The number of H-pyrrole nitrogens is 1. The van der Waals surface area contributed by atoms with E-state index in [4.69, 9.17) is 11.6 Å². The van der Waals surface area contributed by atoms with Gasteiger partial charge in [0.15, 0.2) is 5.82 Å². The van der Waals surface area contributed by atoms with E-state index in [9.17, 15) is 0 Å². The number of halogens is 1. The van der Waals surface area contributed by atoms with Gasteiger partial charge < -0.3 is 5.32 Å². The molecule has 2 aromatic heterocycles. The van der Waals surface area contributed by atoms with Gasteiger partial charge in [0.1, 0.15) is 5.82 Å². The van der Waals surface area contributed by atoms with Crippen molar-refractivity contribution in [2.75, 3.05) is 5.32 Å². The zero-order valence-electron chi connectivity index (χ0n) is 11.6. The molecule has 110 valence electrons. The van der Waals surface area contributed by atoms with E-state index in [0.29, 0.717) is 17.7 Å². The maximum absolute atomic E-state index is 6.00. The lowest BCUT2D eigenvalue weighted by Gasteiger charge is -2.05. The molecule has 0 aliphatic heterocycles. The van der Waals surface area contributed by atoms with Gasteiger partial charge in [-0.1, -0.05) is 30.3 Å². The van der Waals surface area contributed by atoms with Crippen molar-refractivity contribution >= 4 is 23.4 Å². The molecule has 0 radical (unpaired) electrons. The van der Waals surface area contributed by atoms with Gasteiger partial charge in [0.05, 0.1) is 5.69 Å². The van der Waals surface area contributed by atoms with Crippen LogP contribution in [0, 0.1) is 0 Å². The molecule has 0 amide bonds. The quantitative estimate of drug-likeness (QED) is 0.770. The van der Waals surface area contributed by atoms with E-state index in [-0.39, 0.29) is 5.28 Å². The molecule has 2 N–H and O–H groups in total. The Bertz CT molecular complexity index is 797. The van der Waals surface area contributed by atoms with Gasteiger partial charge in [-0.2, -0.15) is 20.1 Å². The van der Waals surface area contributed by atoms with Crippen LogP contribution >= 0.6 is 11.6 Å². The molecule has 1 aliphatic carbocycles. The highest BCUT2D eigenvalue weighted by Crippen LogP contribution is 2.39. The SMILES string of the molecule is Clc1nc(Nc2cc(C3CC3)n[nH]2)nc(-c2ccccc2)n1. The standard InChI is InChI=1S/C15H13ClN6/c16-14-18-13(10-4-2-1-3-5-10)19-15(20-14)17-12-8-11(21-22-12)9-6-7-9/h1-5,8-9H,6-7H2,(H2,17,18,19,20,21,22). The summed E-state index contributed by atoms with van der Waals surface area (Å²) in [6.07, 6.45) is 2.42. The molecule has 1 aliphatic rings. The van der Waals surface area contributed by atoms with Gasteiger partial charge in [0.25, 0.3) is 0 Å². The molecular formula is C15H13ClN6. The summed E-state index contributed by atoms with van der Waals surface area (Å²) < 4.78 is 0. The molecule has 1 saturated carbocycles. The lowest BCUT2D eigenvalue weighted by molar-refractivity contribution is 0.964. The predicted octanol–water partition coefficient (Wildman–Crippen LogP) is 3.54. The largest absolute Gasteiger partial charge is 0.309 e. The van der Waals surface area contributed by atoms with Crippen LogP contribution in [0.25, 0.3) is 11.4 Å². The van der Waals surface area contributed by atoms with Crippen molar-refractivity contribution < 1.29 is 0 Å². The molecule has 0 bridgehead atoms. The number of nitrogens with zero attached hydrogens (tertiary/aromatic N) is 4. The van der Waals surface area contributed by atoms with Gasteiger partial charge in [0.2, 0.25) is 11.2 Å². The van der Waals surface area contributed by atoms with Crippen molar-refractivity contribution in [1.29, 1.82) is 0 Å². The molecule has 1 aromatic carbocycles. The Hall–Kier alpha value is -2.47. The minimum Gasteiger partial charge on any atom is -0.309 e. The number of nitrogens with one attached hydrogen (secondary N) is 2. The highest BCUT2D eigenvalue weighted by molar-refractivity contribution is 6.28. The molecule has 0 atom stereocenters. The van der Waals surface area contributed by atoms with Gasteiger partial charge in [-0.05, 0) is 24.4 Å². The van der Waals surface area contributed by atoms with E-state index in [2.05, 4.69) is 30.5 Å². The topological polar surface area (TPSA) is 79.4 Å². The van der Waals surface area contributed by atoms with Crippen LogP contribution in [-0.4, -0.2) is 25.1 Å². The van der Waals surface area contributed by atoms with Crippen LogP contribution in [0.15, 0.2) is 36.4 Å². The summed E-state index contributed by atoms with van der Waals surface area (Å²) in [6, 6.07) is 11.6. The third-order valence-corrected chi connectivity index (χ3v) is 3.65. The predicted molar refractivity (Wildman–Crippen MR) is 84.1 cm³/mol. The minimum absolute atomic E-state index is 0.151. The molecule has 2 heterocycles. The molecule has 6 nitrogen and oxygen atoms in total. The maximum atomic E-state index is 6.00. The highest BCUT2D eigenvalue weighted by Gasteiger charge is 2.26. The van der Waals surface area contributed by atoms with Gasteiger partial charge in [-0.25, -0.2) is 0 Å². The van der Waals surface area contributed by atoms with Crippen LogP contribution in [-0.2, 0) is 0 Å². The summed E-state index contributed by atoms with van der Waals surface area (Å²) in [6.45, 7) is 0. The second-order valence-electron chi connectivity index (χ2n) is 5.22. The third-order valence-electron chi connectivity index (χ3n) is 3.48. The zero-order chi connectivity index (χ0) is 14.9. The summed E-state index contributed by atoms with van der Waals surface area (Å²) in [5.74, 6) is 2.27. The number of aromatic nitrogens is 5. The van der Waals surface area contributed by atoms with Crippen LogP contribution < -0.4 is 5.32 Å². The zero-order valence-corrected chi connectivity index (χ0v) is 12.4. The fourth-order valence-electron chi connectivity index (χ4n) is 2.23. The fraction of sp³-hybridized carbons (Fsp3) is 0.200. The van der Waals surface area contributed by atoms with Gasteiger partial charge in [0, 0.05) is 17.5 Å². The lowest BCUT2D eigenvalue weighted by Crippen LogP contribution is -2.01. The first-order valence-corrected chi connectivity index (χ1v) is 7.45. The molecule has 3 aromatic rings. The molecule has 1 fully saturated rings. The molecule has 0 unspecified atom stereocenters. The summed E-state index contributed by atoms with van der Waals surface area (Å²) >= 11 is 6.00. The number of hydrogen-bond acceptors (Lipinski definition) is 5. The highest BCUT2D eigenvalue weighted by atomic mass is 35.5. The average Bonchev–Trinajstić information content (AvgIpc) is 3.28. The Morgan fingerprint density at radius 1 is 1.09 bits per heavy atom. The van der Waals surface area contributed by atoms with Crippen LogP contribution in [0.2, 0.25) is 5.28 Å². The number of aromatic amines is 1. The van der Waals surface area contributed by atoms with Crippen molar-refractivity contribution in [1.82, 2.24) is 25.1 Å². The molecule has 7 heteroatoms. The normalized spacial score (nSPS) is 14.0. The van der Waals surface area contributed by atoms with Gasteiger partial charge in [-0.3, -0.25) is 5.10 Å². The minimum atomic E-state index is 0.151. The number of hydrogen-bond donors (Lipinski definition) is 2. The summed E-state index contributed by atoms with van der Waals surface area (Å²) in [7, 11) is 0. The van der Waals surface area contributed by atoms with Gasteiger partial charge >= 0.3 is 0 Å². The molecule has 0 saturated heterocycles. The van der Waals surface area contributed by atoms with Crippen molar-refractivity contribution in [2.45, 2.75) is 18.8 Å². The lowest BCUT2D eigenvalue weighted by atomic mass is 10.2. The van der Waals surface area contributed by atoms with Crippen LogP contribution in [0.4, 0.5) is 11.8 Å². The number of rotatable bonds is 4. The third kappa shape index (κ3) is 2.78. The van der Waals surface area contributed by atoms with E-state index < -0.39 is 0 Å². The Kier molecular flexibility index (Phi) is 3.23. The molecular weight excluding hydrogens is 300 g/mol. The molecule has 0 spiro atoms. The van der Waals surface area contributed by atoms with E-state index in [1.54, 1.807) is 0 Å². The number of benzene rings is 1. The van der Waals surface area contributed by atoms with Crippen molar-refractivity contribution in [2.24, 2.45) is 0 Å². The number of anilines is 2. The fourth-order valence-corrected chi connectivity index (χ4v) is 2.39. The van der Waals surface area contributed by atoms with Crippen molar-refractivity contribution in [3.8, 4) is 11.4 Å². The van der Waals surface area contributed by atoms with Crippen molar-refractivity contribution in [3.63, 3.8) is 0 Å². The van der Waals surface area contributed by atoms with Crippen LogP contribution in [0.1, 0.15) is 24.5 Å². The molecule has 4 rings (SSSR count). The van der Waals surface area contributed by atoms with Crippen molar-refractivity contribution in [3.05, 3.63) is 47.4 Å². The van der Waals surface area contributed by atoms with E-state index >= 15 is 0 Å². The van der Waals surface area contributed by atoms with E-state index in [1.165, 1.54) is 12.8 Å². The van der Waals surface area contributed by atoms with E-state index in [0.717, 1.165) is 17.1 Å².